The van der Waals surface area contributed by atoms with Crippen LogP contribution >= 0.6 is 0 Å². The number of benzene rings is 6. The van der Waals surface area contributed by atoms with Crippen LogP contribution in [-0.4, -0.2) is 89.6 Å². The molecule has 1 aliphatic rings. The molecule has 420 valence electrons. The lowest BCUT2D eigenvalue weighted by atomic mass is 9.98. The summed E-state index contributed by atoms with van der Waals surface area (Å²) < 4.78 is 17.5. The molecular formula is C65H76N6O9. The molecule has 0 bridgehead atoms. The lowest BCUT2D eigenvalue weighted by molar-refractivity contribution is -0.159. The normalized spacial score (nSPS) is 13.2. The van der Waals surface area contributed by atoms with E-state index in [1.165, 1.54) is 0 Å². The van der Waals surface area contributed by atoms with Gasteiger partial charge in [0.2, 0.25) is 23.6 Å². The number of hydrogen-bond donors (Lipinski definition) is 5. The monoisotopic (exact) mass is 1080 g/mol. The highest BCUT2D eigenvalue weighted by Gasteiger charge is 2.33. The first-order valence-corrected chi connectivity index (χ1v) is 27.3. The standard InChI is InChI=1S/C65H76N6O9/c1-43(2)35-56(62(76)80-65(6,7)8)70-60(74)55(36-44-27-31-48(32-28-44)68-63(77)78-42-54-52-25-17-15-23-50(52)51-24-16-18-26-53(51)54)69-59(73)39-66-58(72)38-67-61(75)57(37-45-29-33-49(34-30-45)79-64(3,4)5)71(40-46-19-11-9-12-20-46)41-47-21-13-10-14-22-47/h9-34,43,54-57H,35-42H2,1-8H3,(H,66,72)(H,67,75)(H,68,77)(H,69,73)(H,70,74)/t55-,56-,57-/m0/s1. The SMILES string of the molecule is CC(C)C[C@H](NC(=O)[C@H](Cc1ccc(NC(=O)OCC2c3ccccc3-c3ccccc32)cc1)NC(=O)CNC(=O)CNC(=O)[C@H](Cc1ccc(OC(C)(C)C)cc1)N(Cc1ccccc1)Cc1ccccc1)C(=O)OC(C)(C)C. The van der Waals surface area contributed by atoms with Gasteiger partial charge in [0, 0.05) is 31.1 Å². The summed E-state index contributed by atoms with van der Waals surface area (Å²) in [5.74, 6) is -2.38. The number of rotatable bonds is 24. The molecular weight excluding hydrogens is 1010 g/mol. The van der Waals surface area contributed by atoms with Crippen molar-refractivity contribution in [3.63, 3.8) is 0 Å². The summed E-state index contributed by atoms with van der Waals surface area (Å²) in [5, 5.41) is 13.8. The van der Waals surface area contributed by atoms with E-state index in [0.29, 0.717) is 36.5 Å². The van der Waals surface area contributed by atoms with Crippen LogP contribution in [0.15, 0.2) is 158 Å². The molecule has 0 aromatic heterocycles. The first-order chi connectivity index (χ1) is 38.2. The number of amides is 5. The van der Waals surface area contributed by atoms with Crippen molar-refractivity contribution in [2.45, 2.75) is 123 Å². The van der Waals surface area contributed by atoms with Gasteiger partial charge in [-0.15, -0.1) is 0 Å². The fourth-order valence-electron chi connectivity index (χ4n) is 9.59. The van der Waals surface area contributed by atoms with Crippen LogP contribution < -0.4 is 31.3 Å². The minimum atomic E-state index is -1.22. The summed E-state index contributed by atoms with van der Waals surface area (Å²) in [6.07, 6.45) is -0.0652. The fourth-order valence-corrected chi connectivity index (χ4v) is 9.59. The maximum absolute atomic E-state index is 14.4. The third kappa shape index (κ3) is 18.1. The van der Waals surface area contributed by atoms with Crippen molar-refractivity contribution in [2.24, 2.45) is 5.92 Å². The quantitative estimate of drug-likeness (QED) is 0.0365. The number of nitrogens with zero attached hydrogens (tertiary/aromatic N) is 1. The minimum absolute atomic E-state index is 0.000746. The van der Waals surface area contributed by atoms with Gasteiger partial charge in [0.25, 0.3) is 0 Å². The van der Waals surface area contributed by atoms with Gasteiger partial charge in [-0.05, 0) is 129 Å². The summed E-state index contributed by atoms with van der Waals surface area (Å²) in [7, 11) is 0. The van der Waals surface area contributed by atoms with Crippen molar-refractivity contribution in [3.05, 3.63) is 191 Å². The predicted molar refractivity (Wildman–Crippen MR) is 310 cm³/mol. The average molecular weight is 1090 g/mol. The van der Waals surface area contributed by atoms with Gasteiger partial charge in [0.15, 0.2) is 0 Å². The van der Waals surface area contributed by atoms with Gasteiger partial charge in [-0.25, -0.2) is 9.59 Å². The molecule has 1 aliphatic carbocycles. The van der Waals surface area contributed by atoms with Crippen LogP contribution in [0.4, 0.5) is 10.5 Å². The number of carbonyl (C=O) groups excluding carboxylic acids is 6. The lowest BCUT2D eigenvalue weighted by Gasteiger charge is -2.31. The van der Waals surface area contributed by atoms with Crippen LogP contribution in [0.3, 0.4) is 0 Å². The molecule has 0 spiro atoms. The molecule has 5 amide bonds. The largest absolute Gasteiger partial charge is 0.488 e. The zero-order valence-corrected chi connectivity index (χ0v) is 47.2. The van der Waals surface area contributed by atoms with Gasteiger partial charge in [0.1, 0.15) is 35.6 Å². The molecule has 0 fully saturated rings. The zero-order chi connectivity index (χ0) is 57.4. The molecule has 0 heterocycles. The minimum Gasteiger partial charge on any atom is -0.488 e. The third-order valence-electron chi connectivity index (χ3n) is 13.2. The maximum atomic E-state index is 14.4. The Morgan fingerprint density at radius 3 is 1.61 bits per heavy atom. The smallest absolute Gasteiger partial charge is 0.411 e. The van der Waals surface area contributed by atoms with Gasteiger partial charge in [-0.3, -0.25) is 29.4 Å². The van der Waals surface area contributed by atoms with Crippen LogP contribution in [0.1, 0.15) is 101 Å². The molecule has 3 atom stereocenters. The summed E-state index contributed by atoms with van der Waals surface area (Å²) >= 11 is 0. The molecule has 0 aliphatic heterocycles. The highest BCUT2D eigenvalue weighted by Crippen LogP contribution is 2.44. The fraction of sp³-hybridized carbons (Fsp3) is 0.354. The highest BCUT2D eigenvalue weighted by molar-refractivity contribution is 5.93. The second kappa shape index (κ2) is 27.5. The molecule has 0 radical (unpaired) electrons. The Hall–Kier alpha value is -8.30. The van der Waals surface area contributed by atoms with Gasteiger partial charge in [-0.1, -0.05) is 147 Å². The molecule has 7 rings (SSSR count). The molecule has 15 nitrogen and oxygen atoms in total. The van der Waals surface area contributed by atoms with E-state index in [0.717, 1.165) is 38.9 Å². The van der Waals surface area contributed by atoms with E-state index in [1.807, 2.05) is 156 Å². The summed E-state index contributed by atoms with van der Waals surface area (Å²) in [4.78, 5) is 84.5. The second-order valence-electron chi connectivity index (χ2n) is 22.6. The number of anilines is 1. The van der Waals surface area contributed by atoms with Crippen LogP contribution in [0.25, 0.3) is 11.1 Å². The number of fused-ring (bicyclic) bond motifs is 3. The van der Waals surface area contributed by atoms with Gasteiger partial charge in [0.05, 0.1) is 19.1 Å². The highest BCUT2D eigenvalue weighted by atomic mass is 16.6. The first kappa shape index (κ1) is 59.4. The Balaban J connectivity index is 1.01. The number of esters is 1. The number of carbonyl (C=O) groups is 6. The Bertz CT molecular complexity index is 2960. The van der Waals surface area contributed by atoms with E-state index >= 15 is 0 Å². The van der Waals surface area contributed by atoms with Gasteiger partial charge in [-0.2, -0.15) is 0 Å². The Labute approximate surface area is 470 Å². The van der Waals surface area contributed by atoms with Crippen molar-refractivity contribution in [2.75, 3.05) is 25.0 Å². The van der Waals surface area contributed by atoms with Crippen molar-refractivity contribution in [1.29, 1.82) is 0 Å². The lowest BCUT2D eigenvalue weighted by Crippen LogP contribution is -2.55. The summed E-state index contributed by atoms with van der Waals surface area (Å²) in [5.41, 5.74) is 7.17. The molecule has 6 aromatic rings. The zero-order valence-electron chi connectivity index (χ0n) is 47.2. The van der Waals surface area contributed by atoms with Crippen LogP contribution in [0.2, 0.25) is 0 Å². The van der Waals surface area contributed by atoms with Gasteiger partial charge >= 0.3 is 12.1 Å². The van der Waals surface area contributed by atoms with Gasteiger partial charge < -0.3 is 35.5 Å². The predicted octanol–water partition coefficient (Wildman–Crippen LogP) is 9.67. The van der Waals surface area contributed by atoms with E-state index in [9.17, 15) is 28.8 Å². The van der Waals surface area contributed by atoms with Crippen LogP contribution in [0, 0.1) is 5.92 Å². The van der Waals surface area contributed by atoms with E-state index < -0.39 is 72.2 Å². The van der Waals surface area contributed by atoms with Crippen molar-refractivity contribution < 1.29 is 43.0 Å². The Morgan fingerprint density at radius 2 is 1.06 bits per heavy atom. The maximum Gasteiger partial charge on any atom is 0.411 e. The molecule has 0 saturated heterocycles. The summed E-state index contributed by atoms with van der Waals surface area (Å²) in [6, 6.07) is 47.3. The van der Waals surface area contributed by atoms with Crippen molar-refractivity contribution in [1.82, 2.24) is 26.2 Å². The van der Waals surface area contributed by atoms with Crippen LogP contribution in [-0.2, 0) is 59.4 Å². The van der Waals surface area contributed by atoms with Crippen molar-refractivity contribution >= 4 is 41.4 Å². The molecule has 80 heavy (non-hydrogen) atoms. The Kier molecular flexibility index (Phi) is 20.4. The summed E-state index contributed by atoms with van der Waals surface area (Å²) in [6.45, 7) is 15.0. The third-order valence-corrected chi connectivity index (χ3v) is 13.2. The second-order valence-corrected chi connectivity index (χ2v) is 22.6. The van der Waals surface area contributed by atoms with Crippen LogP contribution in [0.5, 0.6) is 5.75 Å². The first-order valence-electron chi connectivity index (χ1n) is 27.3. The topological polar surface area (TPSA) is 193 Å². The van der Waals surface area contributed by atoms with E-state index in [2.05, 4.69) is 43.6 Å². The molecule has 0 unspecified atom stereocenters. The molecule has 0 saturated carbocycles. The number of ether oxygens (including phenoxy) is 3. The Morgan fingerprint density at radius 1 is 0.537 bits per heavy atom. The molecule has 6 aromatic carbocycles. The molecule has 5 N–H and O–H groups in total. The van der Waals surface area contributed by atoms with E-state index in [1.54, 1.807) is 45.0 Å². The van der Waals surface area contributed by atoms with E-state index in [4.69, 9.17) is 14.2 Å². The van der Waals surface area contributed by atoms with E-state index in [-0.39, 0.29) is 37.2 Å². The number of nitrogens with one attached hydrogen (secondary N) is 5. The molecule has 15 heteroatoms. The average Bonchev–Trinajstić information content (AvgIpc) is 3.80. The number of hydrogen-bond acceptors (Lipinski definition) is 10. The van der Waals surface area contributed by atoms with Crippen molar-refractivity contribution in [3.8, 4) is 16.9 Å².